The minimum Gasteiger partial charge on any atom is -0.489 e. The van der Waals surface area contributed by atoms with Crippen molar-refractivity contribution >= 4 is 22.8 Å². The van der Waals surface area contributed by atoms with Crippen LogP contribution in [0.3, 0.4) is 0 Å². The Labute approximate surface area is 167 Å². The van der Waals surface area contributed by atoms with Gasteiger partial charge in [0.15, 0.2) is 11.3 Å². The molecule has 2 aromatic carbocycles. The number of carbonyl (C=O) groups excluding carboxylic acids is 1. The van der Waals surface area contributed by atoms with Gasteiger partial charge in [0.25, 0.3) is 0 Å². The summed E-state index contributed by atoms with van der Waals surface area (Å²) in [5, 5.41) is 0.511. The molecule has 0 bridgehead atoms. The molecule has 2 heterocycles. The zero-order valence-electron chi connectivity index (χ0n) is 16.1. The van der Waals surface area contributed by atoms with Gasteiger partial charge >= 0.3 is 5.97 Å². The van der Waals surface area contributed by atoms with E-state index in [1.165, 1.54) is 13.2 Å². The molecule has 0 aliphatic carbocycles. The molecular formula is C22H21NO6. The van der Waals surface area contributed by atoms with Crippen LogP contribution in [-0.4, -0.2) is 39.4 Å². The standard InChI is InChI=1S/C22H21NO6/c1-26-22(25)16-4-2-15(3-5-16)14-28-17-6-7-18-19(24)13-21(29-20(18)12-17)23-8-10-27-11-9-23/h2-7,12-13H,8-11,14H2,1H3. The smallest absolute Gasteiger partial charge is 0.337 e. The Balaban J connectivity index is 1.52. The number of anilines is 1. The molecule has 0 saturated carbocycles. The monoisotopic (exact) mass is 395 g/mol. The molecule has 3 aromatic rings. The van der Waals surface area contributed by atoms with Crippen molar-refractivity contribution in [2.45, 2.75) is 6.61 Å². The normalized spacial score (nSPS) is 14.0. The van der Waals surface area contributed by atoms with Gasteiger partial charge in [0.1, 0.15) is 17.9 Å². The van der Waals surface area contributed by atoms with Gasteiger partial charge in [0, 0.05) is 25.2 Å². The van der Waals surface area contributed by atoms with Gasteiger partial charge in [-0.1, -0.05) is 12.1 Å². The van der Waals surface area contributed by atoms with Crippen molar-refractivity contribution in [3.8, 4) is 5.75 Å². The first-order valence-electron chi connectivity index (χ1n) is 9.35. The van der Waals surface area contributed by atoms with Crippen LogP contribution in [0.1, 0.15) is 15.9 Å². The summed E-state index contributed by atoms with van der Waals surface area (Å²) in [5.41, 5.74) is 1.79. The van der Waals surface area contributed by atoms with Crippen LogP contribution in [0.2, 0.25) is 0 Å². The van der Waals surface area contributed by atoms with Crippen molar-refractivity contribution in [3.63, 3.8) is 0 Å². The molecule has 1 aliphatic rings. The Kier molecular flexibility index (Phi) is 5.48. The highest BCUT2D eigenvalue weighted by atomic mass is 16.5. The average Bonchev–Trinajstić information content (AvgIpc) is 2.78. The van der Waals surface area contributed by atoms with E-state index in [0.29, 0.717) is 61.1 Å². The third-order valence-electron chi connectivity index (χ3n) is 4.79. The lowest BCUT2D eigenvalue weighted by molar-refractivity contribution is 0.0600. The molecule has 0 radical (unpaired) electrons. The number of hydrogen-bond acceptors (Lipinski definition) is 7. The predicted molar refractivity (Wildman–Crippen MR) is 108 cm³/mol. The predicted octanol–water partition coefficient (Wildman–Crippen LogP) is 3.00. The van der Waals surface area contributed by atoms with Gasteiger partial charge in [0.05, 0.1) is 31.3 Å². The highest BCUT2D eigenvalue weighted by Crippen LogP contribution is 2.24. The fourth-order valence-corrected chi connectivity index (χ4v) is 3.17. The number of hydrogen-bond donors (Lipinski definition) is 0. The number of esters is 1. The number of rotatable bonds is 5. The Morgan fingerprint density at radius 1 is 1.07 bits per heavy atom. The van der Waals surface area contributed by atoms with Crippen molar-refractivity contribution < 1.29 is 23.4 Å². The number of morpholine rings is 1. The van der Waals surface area contributed by atoms with Crippen LogP contribution in [0.4, 0.5) is 5.88 Å². The number of fused-ring (bicyclic) bond motifs is 1. The molecule has 0 unspecified atom stereocenters. The van der Waals surface area contributed by atoms with Gasteiger partial charge in [-0.25, -0.2) is 4.79 Å². The van der Waals surface area contributed by atoms with Crippen LogP contribution in [0.25, 0.3) is 11.0 Å². The molecule has 150 valence electrons. The van der Waals surface area contributed by atoms with Gasteiger partial charge < -0.3 is 23.5 Å². The van der Waals surface area contributed by atoms with E-state index in [1.54, 1.807) is 30.3 Å². The quantitative estimate of drug-likeness (QED) is 0.615. The molecule has 1 aliphatic heterocycles. The van der Waals surface area contributed by atoms with Crippen LogP contribution in [0.15, 0.2) is 57.7 Å². The molecule has 4 rings (SSSR count). The SMILES string of the molecule is COC(=O)c1ccc(COc2ccc3c(=O)cc(N4CCOCC4)oc3c2)cc1. The molecule has 7 heteroatoms. The zero-order valence-corrected chi connectivity index (χ0v) is 16.1. The second-order valence-electron chi connectivity index (χ2n) is 6.68. The maximum absolute atomic E-state index is 12.4. The minimum absolute atomic E-state index is 0.0855. The Bertz CT molecular complexity index is 1070. The highest BCUT2D eigenvalue weighted by molar-refractivity contribution is 5.89. The van der Waals surface area contributed by atoms with Crippen molar-refractivity contribution in [1.82, 2.24) is 0 Å². The fraction of sp³-hybridized carbons (Fsp3) is 0.273. The van der Waals surface area contributed by atoms with Gasteiger partial charge in [-0.15, -0.1) is 0 Å². The van der Waals surface area contributed by atoms with Crippen molar-refractivity contribution in [3.05, 3.63) is 69.9 Å². The highest BCUT2D eigenvalue weighted by Gasteiger charge is 2.15. The molecule has 0 N–H and O–H groups in total. The van der Waals surface area contributed by atoms with Crippen LogP contribution in [-0.2, 0) is 16.1 Å². The van der Waals surface area contributed by atoms with Crippen molar-refractivity contribution in [1.29, 1.82) is 0 Å². The zero-order chi connectivity index (χ0) is 20.2. The Morgan fingerprint density at radius 3 is 2.55 bits per heavy atom. The molecule has 7 nitrogen and oxygen atoms in total. The summed E-state index contributed by atoms with van der Waals surface area (Å²) >= 11 is 0. The number of nitrogens with zero attached hydrogens (tertiary/aromatic N) is 1. The van der Waals surface area contributed by atoms with Crippen molar-refractivity contribution in [2.24, 2.45) is 0 Å². The second-order valence-corrected chi connectivity index (χ2v) is 6.68. The first-order valence-corrected chi connectivity index (χ1v) is 9.35. The van der Waals surface area contributed by atoms with Crippen LogP contribution >= 0.6 is 0 Å². The maximum Gasteiger partial charge on any atom is 0.337 e. The van der Waals surface area contributed by atoms with E-state index in [9.17, 15) is 9.59 Å². The molecule has 0 amide bonds. The van der Waals surface area contributed by atoms with E-state index >= 15 is 0 Å². The second kappa shape index (κ2) is 8.36. The first-order chi connectivity index (χ1) is 14.1. The van der Waals surface area contributed by atoms with E-state index < -0.39 is 0 Å². The van der Waals surface area contributed by atoms with E-state index in [0.717, 1.165) is 5.56 Å². The molecule has 1 fully saturated rings. The van der Waals surface area contributed by atoms with Gasteiger partial charge in [-0.2, -0.15) is 0 Å². The van der Waals surface area contributed by atoms with E-state index in [4.69, 9.17) is 18.6 Å². The number of ether oxygens (including phenoxy) is 3. The lowest BCUT2D eigenvalue weighted by atomic mass is 10.1. The number of benzene rings is 2. The summed E-state index contributed by atoms with van der Waals surface area (Å²) in [7, 11) is 1.35. The summed E-state index contributed by atoms with van der Waals surface area (Å²) in [4.78, 5) is 25.9. The van der Waals surface area contributed by atoms with Crippen molar-refractivity contribution in [2.75, 3.05) is 38.3 Å². The summed E-state index contributed by atoms with van der Waals surface area (Å²) in [5.74, 6) is 0.760. The summed E-state index contributed by atoms with van der Waals surface area (Å²) in [6.45, 7) is 2.91. The van der Waals surface area contributed by atoms with Gasteiger partial charge in [0.2, 0.25) is 0 Å². The van der Waals surface area contributed by atoms with Gasteiger partial charge in [-0.05, 0) is 29.8 Å². The Morgan fingerprint density at radius 2 is 1.83 bits per heavy atom. The van der Waals surface area contributed by atoms with Crippen LogP contribution in [0, 0.1) is 0 Å². The molecule has 29 heavy (non-hydrogen) atoms. The number of methoxy groups -OCH3 is 1. The minimum atomic E-state index is -0.377. The summed E-state index contributed by atoms with van der Waals surface area (Å²) in [6.07, 6.45) is 0. The fourth-order valence-electron chi connectivity index (χ4n) is 3.17. The summed E-state index contributed by atoms with van der Waals surface area (Å²) in [6, 6.07) is 13.7. The first kappa shape index (κ1) is 19.0. The lowest BCUT2D eigenvalue weighted by Gasteiger charge is -2.27. The third kappa shape index (κ3) is 4.25. The maximum atomic E-state index is 12.4. The molecule has 1 aromatic heterocycles. The molecule has 1 saturated heterocycles. The molecule has 0 atom stereocenters. The average molecular weight is 395 g/mol. The topological polar surface area (TPSA) is 78.2 Å². The van der Waals surface area contributed by atoms with E-state index in [1.807, 2.05) is 17.0 Å². The Hall–Kier alpha value is -3.32. The lowest BCUT2D eigenvalue weighted by Crippen LogP contribution is -2.36. The number of carbonyl (C=O) groups is 1. The summed E-state index contributed by atoms with van der Waals surface area (Å²) < 4.78 is 21.9. The van der Waals surface area contributed by atoms with E-state index in [2.05, 4.69) is 0 Å². The van der Waals surface area contributed by atoms with Crippen LogP contribution < -0.4 is 15.1 Å². The molecule has 0 spiro atoms. The van der Waals surface area contributed by atoms with E-state index in [-0.39, 0.29) is 11.4 Å². The largest absolute Gasteiger partial charge is 0.489 e. The van der Waals surface area contributed by atoms with Crippen LogP contribution in [0.5, 0.6) is 5.75 Å². The third-order valence-corrected chi connectivity index (χ3v) is 4.79. The molecular weight excluding hydrogens is 374 g/mol. The van der Waals surface area contributed by atoms with Gasteiger partial charge in [-0.3, -0.25) is 4.79 Å².